The van der Waals surface area contributed by atoms with Crippen molar-refractivity contribution < 1.29 is 0 Å². The summed E-state index contributed by atoms with van der Waals surface area (Å²) in [6.07, 6.45) is 8.25. The van der Waals surface area contributed by atoms with Gasteiger partial charge in [-0.3, -0.25) is 4.68 Å². The van der Waals surface area contributed by atoms with Gasteiger partial charge in [-0.1, -0.05) is 38.3 Å². The van der Waals surface area contributed by atoms with Crippen molar-refractivity contribution in [1.29, 1.82) is 0 Å². The molecule has 1 saturated carbocycles. The first-order chi connectivity index (χ1) is 10.0. The van der Waals surface area contributed by atoms with Crippen LogP contribution in [-0.4, -0.2) is 16.3 Å². The molecule has 1 heterocycles. The zero-order valence-electron chi connectivity index (χ0n) is 13.9. The van der Waals surface area contributed by atoms with E-state index in [2.05, 4.69) is 42.8 Å². The summed E-state index contributed by atoms with van der Waals surface area (Å²) in [6, 6.07) is 0.685. The first-order valence-electron chi connectivity index (χ1n) is 8.50. The summed E-state index contributed by atoms with van der Waals surface area (Å²) in [5.74, 6) is 1.50. The Kier molecular flexibility index (Phi) is 6.12. The third kappa shape index (κ3) is 4.01. The molecule has 1 aliphatic rings. The van der Waals surface area contributed by atoms with Crippen LogP contribution in [0.3, 0.4) is 0 Å². The van der Waals surface area contributed by atoms with Crippen LogP contribution in [0.2, 0.25) is 5.02 Å². The second-order valence-electron chi connectivity index (χ2n) is 6.88. The molecule has 1 aromatic heterocycles. The van der Waals surface area contributed by atoms with Crippen LogP contribution in [0.1, 0.15) is 77.6 Å². The molecular formula is C17H30ClN3. The molecule has 21 heavy (non-hydrogen) atoms. The van der Waals surface area contributed by atoms with Crippen LogP contribution in [0.4, 0.5) is 0 Å². The molecule has 120 valence electrons. The van der Waals surface area contributed by atoms with E-state index in [0.29, 0.717) is 18.0 Å². The second kappa shape index (κ2) is 7.64. The van der Waals surface area contributed by atoms with Gasteiger partial charge in [0, 0.05) is 6.04 Å². The molecule has 3 atom stereocenters. The number of nitrogens with one attached hydrogen (secondary N) is 1. The van der Waals surface area contributed by atoms with Crippen LogP contribution < -0.4 is 5.32 Å². The lowest BCUT2D eigenvalue weighted by atomic mass is 9.77. The molecule has 1 aliphatic carbocycles. The Labute approximate surface area is 134 Å². The Balaban J connectivity index is 2.28. The van der Waals surface area contributed by atoms with Gasteiger partial charge in [0.2, 0.25) is 0 Å². The van der Waals surface area contributed by atoms with Gasteiger partial charge in [-0.2, -0.15) is 5.10 Å². The SMILES string of the molecule is CCCNC(c1c(Cl)cnn1C(C)C)C1CCCC(C)C1. The molecule has 4 heteroatoms. The third-order valence-corrected chi connectivity index (χ3v) is 4.92. The largest absolute Gasteiger partial charge is 0.308 e. The Morgan fingerprint density at radius 3 is 2.81 bits per heavy atom. The minimum absolute atomic E-state index is 0.338. The smallest absolute Gasteiger partial charge is 0.0834 e. The van der Waals surface area contributed by atoms with Crippen molar-refractivity contribution in [2.45, 2.75) is 71.9 Å². The van der Waals surface area contributed by atoms with E-state index in [-0.39, 0.29) is 0 Å². The van der Waals surface area contributed by atoms with Crippen LogP contribution in [0.5, 0.6) is 0 Å². The Morgan fingerprint density at radius 1 is 1.43 bits per heavy atom. The number of halogens is 1. The normalized spacial score (nSPS) is 24.5. The molecule has 0 aromatic carbocycles. The van der Waals surface area contributed by atoms with Crippen molar-refractivity contribution in [2.24, 2.45) is 11.8 Å². The van der Waals surface area contributed by atoms with Crippen molar-refractivity contribution >= 4 is 11.6 Å². The van der Waals surface area contributed by atoms with Crippen LogP contribution in [-0.2, 0) is 0 Å². The van der Waals surface area contributed by atoms with Gasteiger partial charge in [-0.05, 0) is 51.5 Å². The third-order valence-electron chi connectivity index (χ3n) is 4.63. The maximum atomic E-state index is 6.49. The molecule has 1 N–H and O–H groups in total. The molecule has 2 rings (SSSR count). The van der Waals surface area contributed by atoms with Gasteiger partial charge >= 0.3 is 0 Å². The summed E-state index contributed by atoms with van der Waals surface area (Å²) < 4.78 is 2.11. The van der Waals surface area contributed by atoms with Crippen LogP contribution in [0, 0.1) is 11.8 Å². The van der Waals surface area contributed by atoms with Crippen LogP contribution in [0.25, 0.3) is 0 Å². The molecule has 0 saturated heterocycles. The summed E-state index contributed by atoms with van der Waals surface area (Å²) >= 11 is 6.49. The molecule has 3 unspecified atom stereocenters. The van der Waals surface area contributed by atoms with E-state index >= 15 is 0 Å². The highest BCUT2D eigenvalue weighted by molar-refractivity contribution is 6.31. The van der Waals surface area contributed by atoms with Gasteiger partial charge in [0.15, 0.2) is 0 Å². The molecule has 0 radical (unpaired) electrons. The number of aromatic nitrogens is 2. The summed E-state index contributed by atoms with van der Waals surface area (Å²) in [7, 11) is 0. The monoisotopic (exact) mass is 311 g/mol. The lowest BCUT2D eigenvalue weighted by Gasteiger charge is -2.35. The van der Waals surface area contributed by atoms with Crippen LogP contribution >= 0.6 is 11.6 Å². The molecule has 1 fully saturated rings. The Bertz CT molecular complexity index is 441. The number of hydrogen-bond acceptors (Lipinski definition) is 2. The van der Waals surface area contributed by atoms with Crippen molar-refractivity contribution in [3.63, 3.8) is 0 Å². The molecular weight excluding hydrogens is 282 g/mol. The lowest BCUT2D eigenvalue weighted by molar-refractivity contribution is 0.215. The number of hydrogen-bond donors (Lipinski definition) is 1. The van der Waals surface area contributed by atoms with Crippen LogP contribution in [0.15, 0.2) is 6.20 Å². The quantitative estimate of drug-likeness (QED) is 0.802. The summed E-state index contributed by atoms with van der Waals surface area (Å²) in [4.78, 5) is 0. The average molecular weight is 312 g/mol. The lowest BCUT2D eigenvalue weighted by Crippen LogP contribution is -2.34. The zero-order valence-corrected chi connectivity index (χ0v) is 14.7. The highest BCUT2D eigenvalue weighted by atomic mass is 35.5. The topological polar surface area (TPSA) is 29.9 Å². The molecule has 0 bridgehead atoms. The highest BCUT2D eigenvalue weighted by Gasteiger charge is 2.31. The maximum absolute atomic E-state index is 6.49. The van der Waals surface area contributed by atoms with Crippen molar-refractivity contribution in [3.8, 4) is 0 Å². The molecule has 0 aliphatic heterocycles. The fraction of sp³-hybridized carbons (Fsp3) is 0.824. The van der Waals surface area contributed by atoms with Gasteiger partial charge in [-0.15, -0.1) is 0 Å². The van der Waals surface area contributed by atoms with E-state index in [0.717, 1.165) is 23.9 Å². The van der Waals surface area contributed by atoms with Gasteiger partial charge in [0.1, 0.15) is 0 Å². The first-order valence-corrected chi connectivity index (χ1v) is 8.88. The standard InChI is InChI=1S/C17H30ClN3/c1-5-9-19-16(14-8-6-7-13(4)10-14)17-15(18)11-20-21(17)12(2)3/h11-14,16,19H,5-10H2,1-4H3. The van der Waals surface area contributed by atoms with E-state index in [1.807, 2.05) is 6.20 Å². The van der Waals surface area contributed by atoms with Crippen molar-refractivity contribution in [1.82, 2.24) is 15.1 Å². The van der Waals surface area contributed by atoms with Gasteiger partial charge in [0.25, 0.3) is 0 Å². The van der Waals surface area contributed by atoms with E-state index < -0.39 is 0 Å². The predicted molar refractivity (Wildman–Crippen MR) is 89.8 cm³/mol. The minimum atomic E-state index is 0.338. The van der Waals surface area contributed by atoms with E-state index in [1.165, 1.54) is 31.4 Å². The molecule has 0 spiro atoms. The highest BCUT2D eigenvalue weighted by Crippen LogP contribution is 2.39. The van der Waals surface area contributed by atoms with Gasteiger partial charge < -0.3 is 5.32 Å². The molecule has 3 nitrogen and oxygen atoms in total. The van der Waals surface area contributed by atoms with Crippen molar-refractivity contribution in [3.05, 3.63) is 16.9 Å². The number of rotatable bonds is 6. The summed E-state index contributed by atoms with van der Waals surface area (Å²) in [6.45, 7) is 9.98. The zero-order chi connectivity index (χ0) is 15.4. The van der Waals surface area contributed by atoms with E-state index in [4.69, 9.17) is 11.6 Å². The molecule has 1 aromatic rings. The van der Waals surface area contributed by atoms with E-state index in [9.17, 15) is 0 Å². The summed E-state index contributed by atoms with van der Waals surface area (Å²) in [5, 5.41) is 9.07. The van der Waals surface area contributed by atoms with Crippen molar-refractivity contribution in [2.75, 3.05) is 6.54 Å². The average Bonchev–Trinajstić information content (AvgIpc) is 2.82. The van der Waals surface area contributed by atoms with E-state index in [1.54, 1.807) is 0 Å². The Hall–Kier alpha value is -0.540. The van der Waals surface area contributed by atoms with Gasteiger partial charge in [0.05, 0.1) is 23.0 Å². The predicted octanol–water partition coefficient (Wildman–Crippen LogP) is 4.98. The molecule has 0 amide bonds. The second-order valence-corrected chi connectivity index (χ2v) is 7.29. The first kappa shape index (κ1) is 16.8. The fourth-order valence-electron chi connectivity index (χ4n) is 3.62. The Morgan fingerprint density at radius 2 is 2.19 bits per heavy atom. The minimum Gasteiger partial charge on any atom is -0.308 e. The fourth-order valence-corrected chi connectivity index (χ4v) is 3.87. The van der Waals surface area contributed by atoms with Gasteiger partial charge in [-0.25, -0.2) is 0 Å². The number of nitrogens with zero attached hydrogens (tertiary/aromatic N) is 2. The summed E-state index contributed by atoms with van der Waals surface area (Å²) in [5.41, 5.74) is 1.19. The maximum Gasteiger partial charge on any atom is 0.0834 e.